The molecule has 18 heavy (non-hydrogen) atoms. The molecule has 1 rings (SSSR count). The van der Waals surface area contributed by atoms with Crippen LogP contribution >= 0.6 is 24.0 Å². The second-order valence-corrected chi connectivity index (χ2v) is 9.97. The maximum absolute atomic E-state index is 6.23. The van der Waals surface area contributed by atoms with Gasteiger partial charge in [-0.05, 0) is 30.5 Å². The summed E-state index contributed by atoms with van der Waals surface area (Å²) in [5, 5.41) is 0. The lowest BCUT2D eigenvalue weighted by Crippen LogP contribution is -2.25. The first-order valence-electron chi connectivity index (χ1n) is 6.42. The highest BCUT2D eigenvalue weighted by atomic mass is 32.1. The van der Waals surface area contributed by atoms with E-state index in [1.54, 1.807) is 0 Å². The third-order valence-corrected chi connectivity index (χ3v) is 5.39. The minimum atomic E-state index is -0.704. The summed E-state index contributed by atoms with van der Waals surface area (Å²) in [6.07, 6.45) is 0.185. The quantitative estimate of drug-likeness (QED) is 0.569. The lowest BCUT2D eigenvalue weighted by Gasteiger charge is -2.31. The highest BCUT2D eigenvalue weighted by Gasteiger charge is 2.30. The highest BCUT2D eigenvalue weighted by Crippen LogP contribution is 2.43. The summed E-state index contributed by atoms with van der Waals surface area (Å²) in [5.41, 5.74) is 0.126. The van der Waals surface area contributed by atoms with Crippen molar-refractivity contribution in [2.75, 3.05) is 0 Å². The Balaban J connectivity index is 3.10. The van der Waals surface area contributed by atoms with Crippen LogP contribution in [0.5, 0.6) is 0 Å². The number of thiophene rings is 1. The summed E-state index contributed by atoms with van der Waals surface area (Å²) in [5.74, 6) is 0.532. The van der Waals surface area contributed by atoms with Crippen molar-refractivity contribution in [2.24, 2.45) is 5.41 Å². The van der Waals surface area contributed by atoms with Gasteiger partial charge in [-0.3, -0.25) is 0 Å². The SMILES string of the molecule is CC(C)c1sc(C(O[Si](C)C)C(C)(C)C)cc1S. The van der Waals surface area contributed by atoms with E-state index in [-0.39, 0.29) is 11.5 Å². The van der Waals surface area contributed by atoms with Crippen LogP contribution in [0.15, 0.2) is 11.0 Å². The monoisotopic (exact) mass is 301 g/mol. The Bertz CT molecular complexity index is 391. The molecule has 1 aromatic heterocycles. The first-order chi connectivity index (χ1) is 8.12. The van der Waals surface area contributed by atoms with Gasteiger partial charge in [-0.1, -0.05) is 34.6 Å². The lowest BCUT2D eigenvalue weighted by atomic mass is 9.88. The van der Waals surface area contributed by atoms with Crippen LogP contribution in [0.3, 0.4) is 0 Å². The zero-order valence-corrected chi connectivity index (χ0v) is 15.2. The van der Waals surface area contributed by atoms with Gasteiger partial charge < -0.3 is 4.43 Å². The molecule has 1 aromatic rings. The molecule has 0 amide bonds. The van der Waals surface area contributed by atoms with Crippen molar-refractivity contribution in [3.63, 3.8) is 0 Å². The van der Waals surface area contributed by atoms with Gasteiger partial charge in [0.2, 0.25) is 9.04 Å². The Morgan fingerprint density at radius 2 is 1.83 bits per heavy atom. The second kappa shape index (κ2) is 6.12. The molecular formula is C14H25OS2Si. The van der Waals surface area contributed by atoms with E-state index in [1.165, 1.54) is 9.75 Å². The van der Waals surface area contributed by atoms with Crippen molar-refractivity contribution in [2.45, 2.75) is 64.6 Å². The van der Waals surface area contributed by atoms with Crippen molar-refractivity contribution in [1.29, 1.82) is 0 Å². The topological polar surface area (TPSA) is 9.23 Å². The molecule has 1 radical (unpaired) electrons. The Morgan fingerprint density at radius 3 is 2.17 bits per heavy atom. The van der Waals surface area contributed by atoms with E-state index in [4.69, 9.17) is 4.43 Å². The maximum atomic E-state index is 6.23. The van der Waals surface area contributed by atoms with E-state index in [9.17, 15) is 0 Å². The molecule has 0 fully saturated rings. The van der Waals surface area contributed by atoms with Crippen molar-refractivity contribution in [3.05, 3.63) is 15.8 Å². The smallest absolute Gasteiger partial charge is 0.205 e. The van der Waals surface area contributed by atoms with Crippen LogP contribution in [0.4, 0.5) is 0 Å². The average molecular weight is 302 g/mol. The Morgan fingerprint density at radius 1 is 1.28 bits per heavy atom. The molecule has 0 aliphatic heterocycles. The van der Waals surface area contributed by atoms with Crippen molar-refractivity contribution >= 4 is 33.0 Å². The van der Waals surface area contributed by atoms with Gasteiger partial charge in [-0.25, -0.2) is 0 Å². The molecule has 103 valence electrons. The van der Waals surface area contributed by atoms with Crippen molar-refractivity contribution in [3.8, 4) is 0 Å². The summed E-state index contributed by atoms with van der Waals surface area (Å²) in [6, 6.07) is 2.20. The van der Waals surface area contributed by atoms with Crippen molar-refractivity contribution < 1.29 is 4.43 Å². The number of hydrogen-bond donors (Lipinski definition) is 1. The predicted molar refractivity (Wildman–Crippen MR) is 86.4 cm³/mol. The number of thiol groups is 1. The van der Waals surface area contributed by atoms with Gasteiger partial charge in [0.1, 0.15) is 0 Å². The van der Waals surface area contributed by atoms with Gasteiger partial charge in [-0.15, -0.1) is 24.0 Å². The van der Waals surface area contributed by atoms with Gasteiger partial charge in [0.25, 0.3) is 0 Å². The van der Waals surface area contributed by atoms with E-state index in [2.05, 4.69) is 66.4 Å². The normalized spacial score (nSPS) is 14.6. The van der Waals surface area contributed by atoms with Crippen LogP contribution in [-0.2, 0) is 4.43 Å². The van der Waals surface area contributed by atoms with Crippen LogP contribution in [0.2, 0.25) is 13.1 Å². The first kappa shape index (κ1) is 16.3. The van der Waals surface area contributed by atoms with E-state index in [0.29, 0.717) is 5.92 Å². The summed E-state index contributed by atoms with van der Waals surface area (Å²) in [6.45, 7) is 15.6. The molecule has 1 nitrogen and oxygen atoms in total. The third-order valence-electron chi connectivity index (χ3n) is 2.68. The first-order valence-corrected chi connectivity index (χ1v) is 10.1. The molecule has 0 saturated carbocycles. The fraction of sp³-hybridized carbons (Fsp3) is 0.714. The van der Waals surface area contributed by atoms with E-state index in [1.807, 2.05) is 11.3 Å². The summed E-state index contributed by atoms with van der Waals surface area (Å²) in [7, 11) is -0.704. The molecule has 1 unspecified atom stereocenters. The van der Waals surface area contributed by atoms with Crippen LogP contribution < -0.4 is 0 Å². The van der Waals surface area contributed by atoms with Crippen molar-refractivity contribution in [1.82, 2.24) is 0 Å². The summed E-state index contributed by atoms with van der Waals surface area (Å²) < 4.78 is 6.23. The fourth-order valence-electron chi connectivity index (χ4n) is 1.85. The number of rotatable bonds is 4. The fourth-order valence-corrected chi connectivity index (χ4v) is 4.85. The van der Waals surface area contributed by atoms with Gasteiger partial charge in [0, 0.05) is 14.6 Å². The summed E-state index contributed by atoms with van der Waals surface area (Å²) in [4.78, 5) is 3.80. The van der Waals surface area contributed by atoms with Crippen LogP contribution in [0, 0.1) is 5.41 Å². The van der Waals surface area contributed by atoms with Gasteiger partial charge in [-0.2, -0.15) is 0 Å². The molecule has 0 saturated heterocycles. The van der Waals surface area contributed by atoms with E-state index < -0.39 is 9.04 Å². The number of hydrogen-bond acceptors (Lipinski definition) is 3. The largest absolute Gasteiger partial charge is 0.409 e. The maximum Gasteiger partial charge on any atom is 0.205 e. The lowest BCUT2D eigenvalue weighted by molar-refractivity contribution is 0.0897. The van der Waals surface area contributed by atoms with E-state index >= 15 is 0 Å². The van der Waals surface area contributed by atoms with Crippen LogP contribution in [0.25, 0.3) is 0 Å². The molecule has 0 bridgehead atoms. The standard InChI is InChI=1S/C14H25OS2Si/c1-9(2)12-10(16)8-11(17-12)13(14(3,4)5)15-18(6)7/h8-9,13,16H,1-7H3. The predicted octanol–water partition coefficient (Wildman–Crippen LogP) is 5.52. The van der Waals surface area contributed by atoms with Crippen LogP contribution in [0.1, 0.15) is 56.4 Å². The average Bonchev–Trinajstić information content (AvgIpc) is 2.54. The molecule has 1 heterocycles. The van der Waals surface area contributed by atoms with Gasteiger partial charge >= 0.3 is 0 Å². The Labute approximate surface area is 123 Å². The van der Waals surface area contributed by atoms with Crippen LogP contribution in [-0.4, -0.2) is 9.04 Å². The zero-order valence-electron chi connectivity index (χ0n) is 12.5. The molecule has 0 N–H and O–H groups in total. The highest BCUT2D eigenvalue weighted by molar-refractivity contribution is 7.80. The molecule has 0 aliphatic carbocycles. The Kier molecular flexibility index (Phi) is 5.53. The molecule has 0 spiro atoms. The minimum absolute atomic E-state index is 0.126. The molecular weight excluding hydrogens is 276 g/mol. The second-order valence-electron chi connectivity index (χ2n) is 6.33. The Hall–Kier alpha value is 0.227. The van der Waals surface area contributed by atoms with Gasteiger partial charge in [0.05, 0.1) is 6.10 Å². The van der Waals surface area contributed by atoms with Gasteiger partial charge in [0.15, 0.2) is 0 Å². The molecule has 0 aliphatic rings. The minimum Gasteiger partial charge on any atom is -0.409 e. The zero-order chi connectivity index (χ0) is 14.1. The summed E-state index contributed by atoms with van der Waals surface area (Å²) >= 11 is 6.46. The molecule has 1 atom stereocenters. The molecule has 4 heteroatoms. The molecule has 0 aromatic carbocycles. The third kappa shape index (κ3) is 4.12. The van der Waals surface area contributed by atoms with E-state index in [0.717, 1.165) is 4.90 Å².